The van der Waals surface area contributed by atoms with Gasteiger partial charge in [0.05, 0.1) is 6.61 Å². The van der Waals surface area contributed by atoms with Gasteiger partial charge < -0.3 is 10.5 Å². The summed E-state index contributed by atoms with van der Waals surface area (Å²) in [4.78, 5) is 0. The summed E-state index contributed by atoms with van der Waals surface area (Å²) < 4.78 is 18.5. The highest BCUT2D eigenvalue weighted by molar-refractivity contribution is 5.34. The topological polar surface area (TPSA) is 35.2 Å². The molecule has 0 aliphatic rings. The van der Waals surface area contributed by atoms with E-state index >= 15 is 0 Å². The number of benzene rings is 1. The van der Waals surface area contributed by atoms with Gasteiger partial charge in [-0.2, -0.15) is 0 Å². The maximum atomic E-state index is 13.2. The summed E-state index contributed by atoms with van der Waals surface area (Å²) >= 11 is 0. The number of ether oxygens (including phenoxy) is 1. The van der Waals surface area contributed by atoms with E-state index in [-0.39, 0.29) is 5.82 Å². The van der Waals surface area contributed by atoms with Crippen molar-refractivity contribution in [2.45, 2.75) is 13.3 Å². The van der Waals surface area contributed by atoms with Crippen LogP contribution in [0.2, 0.25) is 0 Å². The van der Waals surface area contributed by atoms with Crippen LogP contribution in [0.25, 0.3) is 0 Å². The minimum Gasteiger partial charge on any atom is -0.493 e. The molecule has 0 bridgehead atoms. The Hall–Kier alpha value is -1.09. The summed E-state index contributed by atoms with van der Waals surface area (Å²) in [6.07, 6.45) is 0.516. The second-order valence-electron chi connectivity index (χ2n) is 2.69. The third-order valence-corrected chi connectivity index (χ3v) is 1.77. The predicted molar refractivity (Wildman–Crippen MR) is 50.3 cm³/mol. The molecule has 2 N–H and O–H groups in total. The van der Waals surface area contributed by atoms with Gasteiger partial charge >= 0.3 is 0 Å². The second kappa shape index (κ2) is 4.82. The highest BCUT2D eigenvalue weighted by atomic mass is 19.1. The van der Waals surface area contributed by atoms with Crippen molar-refractivity contribution in [2.24, 2.45) is 5.73 Å². The van der Waals surface area contributed by atoms with E-state index in [1.54, 1.807) is 12.1 Å². The van der Waals surface area contributed by atoms with E-state index in [9.17, 15) is 4.39 Å². The zero-order valence-electron chi connectivity index (χ0n) is 7.72. The van der Waals surface area contributed by atoms with Gasteiger partial charge in [0.15, 0.2) is 0 Å². The van der Waals surface area contributed by atoms with E-state index in [1.807, 2.05) is 6.92 Å². The van der Waals surface area contributed by atoms with Crippen LogP contribution < -0.4 is 10.5 Å². The summed E-state index contributed by atoms with van der Waals surface area (Å²) in [6, 6.07) is 4.82. The van der Waals surface area contributed by atoms with Crippen LogP contribution in [0.5, 0.6) is 5.75 Å². The number of hydrogen-bond donors (Lipinski definition) is 1. The Labute approximate surface area is 77.5 Å². The second-order valence-corrected chi connectivity index (χ2v) is 2.69. The molecular formula is C10H14FNO. The molecule has 1 rings (SSSR count). The lowest BCUT2D eigenvalue weighted by atomic mass is 10.1. The van der Waals surface area contributed by atoms with Gasteiger partial charge in [0, 0.05) is 5.56 Å². The van der Waals surface area contributed by atoms with Gasteiger partial charge in [0.1, 0.15) is 11.6 Å². The van der Waals surface area contributed by atoms with Crippen LogP contribution in [0, 0.1) is 5.82 Å². The van der Waals surface area contributed by atoms with Gasteiger partial charge in [-0.3, -0.25) is 0 Å². The summed E-state index contributed by atoms with van der Waals surface area (Å²) in [5, 5.41) is 0. The first-order chi connectivity index (χ1) is 6.29. The van der Waals surface area contributed by atoms with Crippen molar-refractivity contribution in [3.63, 3.8) is 0 Å². The molecule has 3 heteroatoms. The average Bonchev–Trinajstić information content (AvgIpc) is 2.11. The van der Waals surface area contributed by atoms with E-state index in [1.165, 1.54) is 6.07 Å². The van der Waals surface area contributed by atoms with Gasteiger partial charge in [0.25, 0.3) is 0 Å². The first-order valence-electron chi connectivity index (χ1n) is 4.39. The van der Waals surface area contributed by atoms with Crippen molar-refractivity contribution in [2.75, 3.05) is 13.2 Å². The van der Waals surface area contributed by atoms with E-state index in [2.05, 4.69) is 0 Å². The molecule has 0 unspecified atom stereocenters. The molecule has 0 radical (unpaired) electrons. The highest BCUT2D eigenvalue weighted by Gasteiger charge is 2.07. The van der Waals surface area contributed by atoms with Crippen molar-refractivity contribution < 1.29 is 9.13 Å². The molecule has 0 aliphatic heterocycles. The monoisotopic (exact) mass is 183 g/mol. The van der Waals surface area contributed by atoms with Crippen molar-refractivity contribution in [1.29, 1.82) is 0 Å². The van der Waals surface area contributed by atoms with Crippen LogP contribution in [0.1, 0.15) is 12.5 Å². The fourth-order valence-corrected chi connectivity index (χ4v) is 1.22. The Morgan fingerprint density at radius 2 is 2.23 bits per heavy atom. The SMILES string of the molecule is CCOc1cccc(F)c1CCN. The Kier molecular flexibility index (Phi) is 3.71. The fourth-order valence-electron chi connectivity index (χ4n) is 1.22. The molecule has 0 amide bonds. The molecule has 0 atom stereocenters. The quantitative estimate of drug-likeness (QED) is 0.771. The smallest absolute Gasteiger partial charge is 0.130 e. The Morgan fingerprint density at radius 1 is 1.46 bits per heavy atom. The van der Waals surface area contributed by atoms with Crippen LogP contribution in [-0.4, -0.2) is 13.2 Å². The lowest BCUT2D eigenvalue weighted by Gasteiger charge is -2.09. The van der Waals surface area contributed by atoms with Crippen LogP contribution in [0.15, 0.2) is 18.2 Å². The first-order valence-corrected chi connectivity index (χ1v) is 4.39. The molecule has 13 heavy (non-hydrogen) atoms. The normalized spacial score (nSPS) is 10.1. The summed E-state index contributed by atoms with van der Waals surface area (Å²) in [5.41, 5.74) is 5.95. The molecule has 0 saturated heterocycles. The van der Waals surface area contributed by atoms with Crippen LogP contribution in [0.3, 0.4) is 0 Å². The number of halogens is 1. The largest absolute Gasteiger partial charge is 0.493 e. The summed E-state index contributed by atoms with van der Waals surface area (Å²) in [6.45, 7) is 2.85. The fraction of sp³-hybridized carbons (Fsp3) is 0.400. The van der Waals surface area contributed by atoms with Crippen LogP contribution in [0.4, 0.5) is 4.39 Å². The van der Waals surface area contributed by atoms with Crippen molar-refractivity contribution in [3.05, 3.63) is 29.6 Å². The average molecular weight is 183 g/mol. The van der Waals surface area contributed by atoms with E-state index in [4.69, 9.17) is 10.5 Å². The van der Waals surface area contributed by atoms with Gasteiger partial charge in [0.2, 0.25) is 0 Å². The van der Waals surface area contributed by atoms with E-state index in [0.29, 0.717) is 30.9 Å². The van der Waals surface area contributed by atoms with Crippen molar-refractivity contribution in [1.82, 2.24) is 0 Å². The van der Waals surface area contributed by atoms with Gasteiger partial charge in [-0.1, -0.05) is 6.07 Å². The minimum absolute atomic E-state index is 0.239. The molecule has 0 spiro atoms. The first kappa shape index (κ1) is 9.99. The van der Waals surface area contributed by atoms with E-state index in [0.717, 1.165) is 0 Å². The van der Waals surface area contributed by atoms with Gasteiger partial charge in [-0.25, -0.2) is 4.39 Å². The zero-order valence-corrected chi connectivity index (χ0v) is 7.72. The van der Waals surface area contributed by atoms with Gasteiger partial charge in [-0.15, -0.1) is 0 Å². The highest BCUT2D eigenvalue weighted by Crippen LogP contribution is 2.21. The maximum Gasteiger partial charge on any atom is 0.130 e. The molecule has 2 nitrogen and oxygen atoms in total. The minimum atomic E-state index is -0.239. The lowest BCUT2D eigenvalue weighted by molar-refractivity contribution is 0.334. The number of rotatable bonds is 4. The maximum absolute atomic E-state index is 13.2. The predicted octanol–water partition coefficient (Wildman–Crippen LogP) is 1.73. The molecular weight excluding hydrogens is 169 g/mol. The van der Waals surface area contributed by atoms with Crippen molar-refractivity contribution in [3.8, 4) is 5.75 Å². The standard InChI is InChI=1S/C10H14FNO/c1-2-13-10-5-3-4-9(11)8(10)6-7-12/h3-5H,2,6-7,12H2,1H3. The molecule has 0 aliphatic carbocycles. The molecule has 0 heterocycles. The molecule has 0 fully saturated rings. The molecule has 0 aromatic heterocycles. The van der Waals surface area contributed by atoms with Crippen LogP contribution >= 0.6 is 0 Å². The number of hydrogen-bond acceptors (Lipinski definition) is 2. The van der Waals surface area contributed by atoms with Crippen LogP contribution in [-0.2, 0) is 6.42 Å². The lowest BCUT2D eigenvalue weighted by Crippen LogP contribution is -2.07. The molecule has 0 saturated carbocycles. The Bertz CT molecular complexity index is 276. The van der Waals surface area contributed by atoms with E-state index < -0.39 is 0 Å². The molecule has 1 aromatic carbocycles. The van der Waals surface area contributed by atoms with Gasteiger partial charge in [-0.05, 0) is 32.0 Å². The molecule has 72 valence electrons. The third kappa shape index (κ3) is 2.42. The number of nitrogens with two attached hydrogens (primary N) is 1. The zero-order chi connectivity index (χ0) is 9.68. The summed E-state index contributed by atoms with van der Waals surface area (Å²) in [7, 11) is 0. The van der Waals surface area contributed by atoms with Crippen molar-refractivity contribution >= 4 is 0 Å². The molecule has 1 aromatic rings. The Morgan fingerprint density at radius 3 is 2.85 bits per heavy atom. The Balaban J connectivity index is 2.95. The third-order valence-electron chi connectivity index (χ3n) is 1.77. The summed E-state index contributed by atoms with van der Waals surface area (Å²) in [5.74, 6) is 0.365.